The van der Waals surface area contributed by atoms with E-state index in [2.05, 4.69) is 16.1 Å². The molecule has 1 unspecified atom stereocenters. The first kappa shape index (κ1) is 24.5. The topological polar surface area (TPSA) is 132 Å². The summed E-state index contributed by atoms with van der Waals surface area (Å²) >= 11 is 0. The van der Waals surface area contributed by atoms with Gasteiger partial charge in [-0.2, -0.15) is 0 Å². The van der Waals surface area contributed by atoms with Crippen LogP contribution in [0.5, 0.6) is 0 Å². The maximum absolute atomic E-state index is 12.8. The number of amides is 2. The lowest BCUT2D eigenvalue weighted by Crippen LogP contribution is -2.50. The third-order valence-corrected chi connectivity index (χ3v) is 4.82. The van der Waals surface area contributed by atoms with Crippen molar-refractivity contribution in [3.63, 3.8) is 0 Å². The Bertz CT molecular complexity index is 799. The first-order chi connectivity index (χ1) is 15.0. The smallest absolute Gasteiger partial charge is 0.246 e. The predicted molar refractivity (Wildman–Crippen MR) is 122 cm³/mol. The number of rotatable bonds is 13. The minimum Gasteiger partial charge on any atom is -0.343 e. The van der Waals surface area contributed by atoms with E-state index in [1.54, 1.807) is 19.2 Å². The molecule has 8 nitrogen and oxygen atoms in total. The summed E-state index contributed by atoms with van der Waals surface area (Å²) in [6.07, 6.45) is 2.39. The van der Waals surface area contributed by atoms with E-state index in [0.717, 1.165) is 24.0 Å². The van der Waals surface area contributed by atoms with Crippen LogP contribution in [-0.4, -0.2) is 37.5 Å². The van der Waals surface area contributed by atoms with Gasteiger partial charge in [0, 0.05) is 12.7 Å². The Labute approximate surface area is 183 Å². The number of carbonyl (C=O) groups excluding carboxylic acids is 2. The molecule has 2 aromatic rings. The highest BCUT2D eigenvalue weighted by molar-refractivity contribution is 5.97. The molecule has 31 heavy (non-hydrogen) atoms. The molecule has 0 aliphatic rings. The van der Waals surface area contributed by atoms with Crippen LogP contribution in [0.15, 0.2) is 54.6 Å². The summed E-state index contributed by atoms with van der Waals surface area (Å²) in [6, 6.07) is 15.5. The first-order valence-corrected chi connectivity index (χ1v) is 10.5. The lowest BCUT2D eigenvalue weighted by atomic mass is 10.0. The van der Waals surface area contributed by atoms with Crippen LogP contribution in [0.4, 0.5) is 5.69 Å². The number of hydroxylamine groups is 1. The van der Waals surface area contributed by atoms with Gasteiger partial charge in [0.2, 0.25) is 11.8 Å². The Morgan fingerprint density at radius 1 is 0.968 bits per heavy atom. The third kappa shape index (κ3) is 8.85. The lowest BCUT2D eigenvalue weighted by molar-refractivity contribution is -0.127. The van der Waals surface area contributed by atoms with Gasteiger partial charge in [-0.25, -0.2) is 5.48 Å². The van der Waals surface area contributed by atoms with Crippen molar-refractivity contribution in [3.8, 4) is 0 Å². The van der Waals surface area contributed by atoms with Crippen LogP contribution in [0.3, 0.4) is 0 Å². The largest absolute Gasteiger partial charge is 0.343 e. The summed E-state index contributed by atoms with van der Waals surface area (Å²) in [6.45, 7) is 0.952. The van der Waals surface area contributed by atoms with Gasteiger partial charge in [-0.05, 0) is 55.5 Å². The molecular formula is C23H33N5O3. The monoisotopic (exact) mass is 427 g/mol. The van der Waals surface area contributed by atoms with E-state index in [-0.39, 0.29) is 11.8 Å². The minimum atomic E-state index is -0.737. The fraction of sp³-hybridized carbons (Fsp3) is 0.391. The molecule has 7 N–H and O–H groups in total. The molecule has 0 aliphatic carbocycles. The van der Waals surface area contributed by atoms with E-state index < -0.39 is 12.1 Å². The summed E-state index contributed by atoms with van der Waals surface area (Å²) in [5, 5.41) is 5.67. The number of hydrogen-bond acceptors (Lipinski definition) is 6. The van der Waals surface area contributed by atoms with Crippen molar-refractivity contribution >= 4 is 17.5 Å². The molecule has 8 heteroatoms. The molecule has 0 aliphatic heterocycles. The van der Waals surface area contributed by atoms with Gasteiger partial charge >= 0.3 is 0 Å². The number of hydrogen-bond donors (Lipinski definition) is 5. The molecule has 0 aromatic heterocycles. The number of unbranched alkanes of at least 4 members (excludes halogenated alkanes) is 1. The summed E-state index contributed by atoms with van der Waals surface area (Å²) in [4.78, 5) is 30.6. The molecule has 2 rings (SSSR count). The molecule has 0 saturated carbocycles. The number of nitrogens with one attached hydrogen (secondary N) is 3. The Morgan fingerprint density at radius 2 is 1.68 bits per heavy atom. The number of carbonyl (C=O) groups is 2. The van der Waals surface area contributed by atoms with Crippen LogP contribution in [-0.2, 0) is 27.5 Å². The average molecular weight is 428 g/mol. The molecule has 2 atom stereocenters. The molecule has 0 bridgehead atoms. The van der Waals surface area contributed by atoms with E-state index in [9.17, 15) is 9.59 Å². The molecule has 2 amide bonds. The van der Waals surface area contributed by atoms with Gasteiger partial charge in [-0.1, -0.05) is 42.5 Å². The summed E-state index contributed by atoms with van der Waals surface area (Å²) in [7, 11) is 1.69. The van der Waals surface area contributed by atoms with Crippen molar-refractivity contribution in [2.45, 2.75) is 44.4 Å². The van der Waals surface area contributed by atoms with Crippen molar-refractivity contribution in [2.24, 2.45) is 11.5 Å². The standard InChI is InChI=1S/C23H33N5O3/c1-26-31-16-18-10-12-19(13-11-18)27-23(30)21(9-5-6-14-24)28-22(29)20(25)15-17-7-3-2-4-8-17/h2-4,7-8,10-13,20-21,26H,5-6,9,14-16,24-25H2,1H3,(H,27,30)(H,28,29)/t20?,21-/m0/s1. The Kier molecular flexibility index (Phi) is 10.7. The highest BCUT2D eigenvalue weighted by atomic mass is 16.6. The van der Waals surface area contributed by atoms with E-state index >= 15 is 0 Å². The van der Waals surface area contributed by atoms with E-state index in [1.165, 1.54) is 0 Å². The van der Waals surface area contributed by atoms with Gasteiger partial charge in [0.25, 0.3) is 0 Å². The van der Waals surface area contributed by atoms with Crippen LogP contribution < -0.4 is 27.6 Å². The van der Waals surface area contributed by atoms with E-state index in [1.807, 2.05) is 42.5 Å². The number of anilines is 1. The summed E-state index contributed by atoms with van der Waals surface area (Å²) in [5.41, 5.74) is 16.8. The molecule has 0 heterocycles. The van der Waals surface area contributed by atoms with Crippen LogP contribution in [0.1, 0.15) is 30.4 Å². The lowest BCUT2D eigenvalue weighted by Gasteiger charge is -2.21. The van der Waals surface area contributed by atoms with Crippen LogP contribution in [0, 0.1) is 0 Å². The van der Waals surface area contributed by atoms with Crippen molar-refractivity contribution in [2.75, 3.05) is 18.9 Å². The SMILES string of the molecule is CNOCc1ccc(NC(=O)[C@H](CCCCN)NC(=O)C(N)Cc2ccccc2)cc1. The van der Waals surface area contributed by atoms with E-state index in [4.69, 9.17) is 16.3 Å². The van der Waals surface area contributed by atoms with Crippen molar-refractivity contribution in [1.29, 1.82) is 0 Å². The normalized spacial score (nSPS) is 12.7. The zero-order chi connectivity index (χ0) is 22.5. The second-order valence-electron chi connectivity index (χ2n) is 7.32. The molecule has 0 fully saturated rings. The predicted octanol–water partition coefficient (Wildman–Crippen LogP) is 1.46. The van der Waals surface area contributed by atoms with Gasteiger partial charge in [0.15, 0.2) is 0 Å². The Hall–Kier alpha value is -2.78. The van der Waals surface area contributed by atoms with Gasteiger partial charge in [0.05, 0.1) is 12.6 Å². The fourth-order valence-corrected chi connectivity index (χ4v) is 3.07. The molecule has 0 radical (unpaired) electrons. The second-order valence-corrected chi connectivity index (χ2v) is 7.32. The molecular weight excluding hydrogens is 394 g/mol. The highest BCUT2D eigenvalue weighted by Gasteiger charge is 2.23. The van der Waals surface area contributed by atoms with Gasteiger partial charge in [-0.15, -0.1) is 0 Å². The quantitative estimate of drug-likeness (QED) is 0.243. The zero-order valence-corrected chi connectivity index (χ0v) is 18.0. The van der Waals surface area contributed by atoms with Crippen molar-refractivity contribution in [1.82, 2.24) is 10.8 Å². The van der Waals surface area contributed by atoms with Crippen molar-refractivity contribution < 1.29 is 14.4 Å². The molecule has 2 aromatic carbocycles. The summed E-state index contributed by atoms with van der Waals surface area (Å²) in [5.74, 6) is -0.632. The minimum absolute atomic E-state index is 0.281. The van der Waals surface area contributed by atoms with E-state index in [0.29, 0.717) is 31.7 Å². The average Bonchev–Trinajstić information content (AvgIpc) is 2.78. The van der Waals surface area contributed by atoms with Crippen molar-refractivity contribution in [3.05, 3.63) is 65.7 Å². The zero-order valence-electron chi connectivity index (χ0n) is 18.0. The number of nitrogens with two attached hydrogens (primary N) is 2. The Balaban J connectivity index is 1.97. The molecule has 0 saturated heterocycles. The summed E-state index contributed by atoms with van der Waals surface area (Å²) < 4.78 is 0. The molecule has 168 valence electrons. The number of benzene rings is 2. The maximum atomic E-state index is 12.8. The van der Waals surface area contributed by atoms with Gasteiger partial charge in [0.1, 0.15) is 6.04 Å². The van der Waals surface area contributed by atoms with Gasteiger partial charge < -0.3 is 22.1 Å². The van der Waals surface area contributed by atoms with Crippen LogP contribution >= 0.6 is 0 Å². The third-order valence-electron chi connectivity index (χ3n) is 4.82. The second kappa shape index (κ2) is 13.5. The van der Waals surface area contributed by atoms with Crippen LogP contribution in [0.25, 0.3) is 0 Å². The Morgan fingerprint density at radius 3 is 2.32 bits per heavy atom. The maximum Gasteiger partial charge on any atom is 0.246 e. The highest BCUT2D eigenvalue weighted by Crippen LogP contribution is 2.12. The first-order valence-electron chi connectivity index (χ1n) is 10.5. The fourth-order valence-electron chi connectivity index (χ4n) is 3.07. The van der Waals surface area contributed by atoms with Crippen LogP contribution in [0.2, 0.25) is 0 Å². The molecule has 0 spiro atoms. The van der Waals surface area contributed by atoms with Gasteiger partial charge in [-0.3, -0.25) is 14.4 Å².